The third-order valence-corrected chi connectivity index (χ3v) is 7.26. The van der Waals surface area contributed by atoms with Gasteiger partial charge in [-0.2, -0.15) is 0 Å². The summed E-state index contributed by atoms with van der Waals surface area (Å²) in [6, 6.07) is 1.69. The van der Waals surface area contributed by atoms with Crippen molar-refractivity contribution in [2.45, 2.75) is 52.1 Å². The van der Waals surface area contributed by atoms with Gasteiger partial charge < -0.3 is 8.85 Å². The Kier molecular flexibility index (Phi) is 5.41. The van der Waals surface area contributed by atoms with Crippen LogP contribution < -0.4 is 0 Å². The van der Waals surface area contributed by atoms with Gasteiger partial charge in [0, 0.05) is 13.8 Å². The SMILES string of the molecule is CC(=O)O[Si](C)(C)CC[Si](C)(C)OC(C)=O. The fraction of sp³-hybridized carbons (Fsp3) is 0.800. The van der Waals surface area contributed by atoms with E-state index in [1.807, 2.05) is 26.2 Å². The highest BCUT2D eigenvalue weighted by molar-refractivity contribution is 6.77. The van der Waals surface area contributed by atoms with Crippen LogP contribution in [0.2, 0.25) is 38.3 Å². The predicted molar refractivity (Wildman–Crippen MR) is 68.1 cm³/mol. The van der Waals surface area contributed by atoms with Gasteiger partial charge in [0.05, 0.1) is 0 Å². The fourth-order valence-corrected chi connectivity index (χ4v) is 8.06. The molecule has 0 aliphatic carbocycles. The van der Waals surface area contributed by atoms with Crippen molar-refractivity contribution in [3.8, 4) is 0 Å². The van der Waals surface area contributed by atoms with Crippen molar-refractivity contribution in [2.75, 3.05) is 0 Å². The zero-order chi connectivity index (χ0) is 13.0. The van der Waals surface area contributed by atoms with Crippen LogP contribution in [0.4, 0.5) is 0 Å². The molecule has 0 aromatic carbocycles. The van der Waals surface area contributed by atoms with E-state index in [0.29, 0.717) is 0 Å². The van der Waals surface area contributed by atoms with Gasteiger partial charge in [0.25, 0.3) is 11.9 Å². The number of hydrogen-bond acceptors (Lipinski definition) is 4. The molecule has 0 heterocycles. The molecule has 0 amide bonds. The molecule has 0 saturated carbocycles. The lowest BCUT2D eigenvalue weighted by molar-refractivity contribution is -0.133. The van der Waals surface area contributed by atoms with Crippen molar-refractivity contribution in [1.29, 1.82) is 0 Å². The molecule has 6 heteroatoms. The highest BCUT2D eigenvalue weighted by atomic mass is 28.4. The molecule has 0 atom stereocenters. The summed E-state index contributed by atoms with van der Waals surface area (Å²) >= 11 is 0. The molecule has 0 radical (unpaired) electrons. The lowest BCUT2D eigenvalue weighted by Gasteiger charge is -2.27. The predicted octanol–water partition coefficient (Wildman–Crippen LogP) is 2.52. The van der Waals surface area contributed by atoms with Crippen molar-refractivity contribution in [3.05, 3.63) is 0 Å². The van der Waals surface area contributed by atoms with Crippen LogP contribution in [-0.4, -0.2) is 28.6 Å². The van der Waals surface area contributed by atoms with Gasteiger partial charge in [0.15, 0.2) is 0 Å². The molecule has 0 unspecified atom stereocenters. The van der Waals surface area contributed by atoms with E-state index in [-0.39, 0.29) is 11.9 Å². The van der Waals surface area contributed by atoms with E-state index >= 15 is 0 Å². The van der Waals surface area contributed by atoms with Crippen LogP contribution >= 0.6 is 0 Å². The number of rotatable bonds is 5. The van der Waals surface area contributed by atoms with Crippen molar-refractivity contribution in [2.24, 2.45) is 0 Å². The molecular weight excluding hydrogens is 240 g/mol. The second-order valence-electron chi connectivity index (χ2n) is 5.21. The quantitative estimate of drug-likeness (QED) is 0.714. The molecule has 16 heavy (non-hydrogen) atoms. The first-order chi connectivity index (χ1) is 7.04. The summed E-state index contributed by atoms with van der Waals surface area (Å²) in [5, 5.41) is 0. The molecule has 0 saturated heterocycles. The van der Waals surface area contributed by atoms with Crippen LogP contribution in [0.3, 0.4) is 0 Å². The zero-order valence-electron chi connectivity index (χ0n) is 11.0. The molecule has 0 aliphatic heterocycles. The van der Waals surface area contributed by atoms with Crippen molar-refractivity contribution < 1.29 is 18.4 Å². The third kappa shape index (κ3) is 7.64. The molecular formula is C10H22O4Si2. The van der Waals surface area contributed by atoms with E-state index in [4.69, 9.17) is 8.85 Å². The molecule has 4 nitrogen and oxygen atoms in total. The molecule has 0 aromatic heterocycles. The van der Waals surface area contributed by atoms with E-state index in [0.717, 1.165) is 12.1 Å². The average Bonchev–Trinajstić information content (AvgIpc) is 1.96. The second-order valence-corrected chi connectivity index (χ2v) is 13.7. The maximum absolute atomic E-state index is 10.9. The standard InChI is InChI=1S/C10H22O4Si2/c1-9(11)13-15(3,4)7-8-16(5,6)14-10(2)12/h7-8H2,1-6H3. The molecule has 0 fully saturated rings. The Bertz CT molecular complexity index is 246. The maximum Gasteiger partial charge on any atom is 0.289 e. The Morgan fingerprint density at radius 2 is 1.06 bits per heavy atom. The van der Waals surface area contributed by atoms with E-state index in [1.54, 1.807) is 0 Å². The fourth-order valence-electron chi connectivity index (χ4n) is 1.48. The van der Waals surface area contributed by atoms with E-state index in [2.05, 4.69) is 0 Å². The Labute approximate surface area is 99.6 Å². The van der Waals surface area contributed by atoms with E-state index in [1.165, 1.54) is 13.8 Å². The van der Waals surface area contributed by atoms with Crippen LogP contribution in [0.5, 0.6) is 0 Å². The molecule has 0 rings (SSSR count). The zero-order valence-corrected chi connectivity index (χ0v) is 13.0. The van der Waals surface area contributed by atoms with Gasteiger partial charge in [0.1, 0.15) is 0 Å². The van der Waals surface area contributed by atoms with Crippen LogP contribution in [-0.2, 0) is 18.4 Å². The minimum absolute atomic E-state index is 0.219. The first kappa shape index (κ1) is 15.4. The summed E-state index contributed by atoms with van der Waals surface area (Å²) in [6.45, 7) is 10.9. The van der Waals surface area contributed by atoms with Gasteiger partial charge in [-0.15, -0.1) is 0 Å². The van der Waals surface area contributed by atoms with Crippen LogP contribution in [0.1, 0.15) is 13.8 Å². The largest absolute Gasteiger partial charge is 0.520 e. The number of hydrogen-bond donors (Lipinski definition) is 0. The monoisotopic (exact) mass is 262 g/mol. The third-order valence-electron chi connectivity index (χ3n) is 2.17. The van der Waals surface area contributed by atoms with Gasteiger partial charge >= 0.3 is 0 Å². The summed E-state index contributed by atoms with van der Waals surface area (Å²) in [5.74, 6) is -0.438. The number of carbonyl (C=O) groups is 2. The molecule has 0 spiro atoms. The van der Waals surface area contributed by atoms with Crippen LogP contribution in [0, 0.1) is 0 Å². The van der Waals surface area contributed by atoms with E-state index in [9.17, 15) is 9.59 Å². The molecule has 0 bridgehead atoms. The van der Waals surface area contributed by atoms with Gasteiger partial charge in [-0.25, -0.2) is 0 Å². The summed E-state index contributed by atoms with van der Waals surface area (Å²) in [7, 11) is -3.87. The normalized spacial score (nSPS) is 12.1. The molecule has 0 aliphatic rings. The lowest BCUT2D eigenvalue weighted by Crippen LogP contribution is -2.38. The first-order valence-corrected chi connectivity index (χ1v) is 11.7. The summed E-state index contributed by atoms with van der Waals surface area (Å²) in [5.41, 5.74) is 0. The van der Waals surface area contributed by atoms with Gasteiger partial charge in [-0.3, -0.25) is 9.59 Å². The van der Waals surface area contributed by atoms with Gasteiger partial charge in [0.2, 0.25) is 16.6 Å². The lowest BCUT2D eigenvalue weighted by atomic mass is 10.9. The summed E-state index contributed by atoms with van der Waals surface area (Å²) in [6.07, 6.45) is 0. The Morgan fingerprint density at radius 3 is 1.25 bits per heavy atom. The van der Waals surface area contributed by atoms with Crippen LogP contribution in [0.25, 0.3) is 0 Å². The minimum atomic E-state index is -1.93. The molecule has 0 N–H and O–H groups in total. The minimum Gasteiger partial charge on any atom is -0.520 e. The number of carbonyl (C=O) groups excluding carboxylic acids is 2. The first-order valence-electron chi connectivity index (χ1n) is 5.43. The van der Waals surface area contributed by atoms with Gasteiger partial charge in [-0.05, 0) is 38.3 Å². The van der Waals surface area contributed by atoms with Crippen molar-refractivity contribution in [1.82, 2.24) is 0 Å². The Morgan fingerprint density at radius 1 is 0.812 bits per heavy atom. The highest BCUT2D eigenvalue weighted by Crippen LogP contribution is 2.22. The van der Waals surface area contributed by atoms with Crippen LogP contribution in [0.15, 0.2) is 0 Å². The topological polar surface area (TPSA) is 52.6 Å². The van der Waals surface area contributed by atoms with Crippen molar-refractivity contribution >= 4 is 28.6 Å². The maximum atomic E-state index is 10.9. The smallest absolute Gasteiger partial charge is 0.289 e. The van der Waals surface area contributed by atoms with Gasteiger partial charge in [-0.1, -0.05) is 0 Å². The summed E-state index contributed by atoms with van der Waals surface area (Å²) < 4.78 is 10.6. The van der Waals surface area contributed by atoms with Crippen molar-refractivity contribution in [3.63, 3.8) is 0 Å². The average molecular weight is 262 g/mol. The second kappa shape index (κ2) is 5.63. The summed E-state index contributed by atoms with van der Waals surface area (Å²) in [4.78, 5) is 21.8. The Balaban J connectivity index is 4.21. The highest BCUT2D eigenvalue weighted by Gasteiger charge is 2.33. The molecule has 0 aromatic rings. The molecule has 94 valence electrons. The van der Waals surface area contributed by atoms with E-state index < -0.39 is 16.6 Å². The Hall–Kier alpha value is -0.626.